The zero-order chi connectivity index (χ0) is 19.7. The third-order valence-corrected chi connectivity index (χ3v) is 4.93. The lowest BCUT2D eigenvalue weighted by Gasteiger charge is -2.10. The minimum Gasteiger partial charge on any atom is -0.423 e. The van der Waals surface area contributed by atoms with Gasteiger partial charge in [-0.25, -0.2) is 4.85 Å². The Kier molecular flexibility index (Phi) is 4.62. The molecule has 3 aromatic carbocycles. The van der Waals surface area contributed by atoms with Crippen LogP contribution in [0.4, 0.5) is 5.69 Å². The molecule has 134 valence electrons. The lowest BCUT2D eigenvalue weighted by Crippen LogP contribution is -2.38. The van der Waals surface area contributed by atoms with Gasteiger partial charge in [0.15, 0.2) is 18.4 Å². The molecule has 0 aliphatic heterocycles. The van der Waals surface area contributed by atoms with Crippen LogP contribution in [-0.2, 0) is 6.54 Å². The van der Waals surface area contributed by atoms with E-state index in [2.05, 4.69) is 4.85 Å². The molecular formula is C22H16BN2O3+. The molecular weight excluding hydrogens is 351 g/mol. The maximum absolute atomic E-state index is 11.6. The number of fused-ring (bicyclic) bond motifs is 3. The molecule has 0 bridgehead atoms. The summed E-state index contributed by atoms with van der Waals surface area (Å²) in [6.07, 6.45) is 2.66. The molecule has 0 fully saturated rings. The number of benzene rings is 3. The van der Waals surface area contributed by atoms with Crippen molar-refractivity contribution < 1.29 is 19.4 Å². The van der Waals surface area contributed by atoms with Gasteiger partial charge >= 0.3 is 7.12 Å². The summed E-state index contributed by atoms with van der Waals surface area (Å²) in [4.78, 5) is 15.2. The minimum absolute atomic E-state index is 0.188. The average Bonchev–Trinajstić information content (AvgIpc) is 2.73. The summed E-state index contributed by atoms with van der Waals surface area (Å²) in [5.74, 6) is 0. The Morgan fingerprint density at radius 2 is 1.86 bits per heavy atom. The van der Waals surface area contributed by atoms with Crippen LogP contribution in [0.3, 0.4) is 0 Å². The first kappa shape index (κ1) is 17.9. The number of carbonyl (C=O) groups excluding carboxylic acids is 1. The first-order valence-corrected chi connectivity index (χ1v) is 8.78. The van der Waals surface area contributed by atoms with Gasteiger partial charge in [-0.05, 0) is 29.7 Å². The lowest BCUT2D eigenvalue weighted by atomic mass is 9.76. The van der Waals surface area contributed by atoms with Crippen LogP contribution in [-0.4, -0.2) is 23.5 Å². The van der Waals surface area contributed by atoms with Gasteiger partial charge in [0, 0.05) is 27.3 Å². The molecule has 0 aliphatic rings. The van der Waals surface area contributed by atoms with Crippen molar-refractivity contribution in [1.29, 1.82) is 0 Å². The Balaban J connectivity index is 1.96. The predicted octanol–water partition coefficient (Wildman–Crippen LogP) is 2.37. The molecule has 0 saturated carbocycles. The van der Waals surface area contributed by atoms with Gasteiger partial charge < -0.3 is 10.0 Å². The standard InChI is InChI=1S/C22H16BN2O3/c1-24-17-9-10-22-19(11-17)18-7-3-2-5-15(18)12-25(22)13-16-6-4-8-21(23(27)28)20(16)14-26/h2-12,14,27-28H,13H2/q+1. The van der Waals surface area contributed by atoms with Crippen molar-refractivity contribution in [3.63, 3.8) is 0 Å². The molecule has 0 atom stereocenters. The predicted molar refractivity (Wildman–Crippen MR) is 109 cm³/mol. The number of carbonyl (C=O) groups is 1. The molecule has 0 aliphatic carbocycles. The van der Waals surface area contributed by atoms with Crippen LogP contribution in [0.25, 0.3) is 26.5 Å². The number of aromatic nitrogens is 1. The van der Waals surface area contributed by atoms with E-state index in [0.717, 1.165) is 21.7 Å². The fourth-order valence-electron chi connectivity index (χ4n) is 3.61. The van der Waals surface area contributed by atoms with Gasteiger partial charge in [-0.1, -0.05) is 36.4 Å². The van der Waals surface area contributed by atoms with Gasteiger partial charge in [-0.3, -0.25) is 4.79 Å². The molecule has 6 heteroatoms. The largest absolute Gasteiger partial charge is 0.489 e. The van der Waals surface area contributed by atoms with Crippen molar-refractivity contribution in [2.45, 2.75) is 6.54 Å². The third-order valence-electron chi connectivity index (χ3n) is 4.93. The molecule has 5 nitrogen and oxygen atoms in total. The number of rotatable bonds is 4. The quantitative estimate of drug-likeness (QED) is 0.191. The zero-order valence-corrected chi connectivity index (χ0v) is 14.9. The monoisotopic (exact) mass is 367 g/mol. The van der Waals surface area contributed by atoms with Crippen molar-refractivity contribution in [1.82, 2.24) is 0 Å². The van der Waals surface area contributed by atoms with E-state index >= 15 is 0 Å². The average molecular weight is 367 g/mol. The molecule has 1 aromatic heterocycles. The summed E-state index contributed by atoms with van der Waals surface area (Å²) in [6, 6.07) is 18.5. The minimum atomic E-state index is -1.71. The molecule has 4 aromatic rings. The lowest BCUT2D eigenvalue weighted by molar-refractivity contribution is -0.661. The number of pyridine rings is 1. The first-order chi connectivity index (χ1) is 13.6. The Bertz CT molecular complexity index is 1260. The van der Waals surface area contributed by atoms with E-state index in [1.807, 2.05) is 47.2 Å². The summed E-state index contributed by atoms with van der Waals surface area (Å²) >= 11 is 0. The van der Waals surface area contributed by atoms with Crippen molar-refractivity contribution >= 4 is 46.2 Å². The molecule has 0 unspecified atom stereocenters. The van der Waals surface area contributed by atoms with Crippen LogP contribution in [0.2, 0.25) is 0 Å². The molecule has 0 amide bonds. The number of aldehydes is 1. The van der Waals surface area contributed by atoms with Crippen LogP contribution in [0.15, 0.2) is 66.9 Å². The first-order valence-electron chi connectivity index (χ1n) is 8.78. The van der Waals surface area contributed by atoms with Crippen LogP contribution in [0.5, 0.6) is 0 Å². The van der Waals surface area contributed by atoms with Gasteiger partial charge in [-0.2, -0.15) is 4.57 Å². The van der Waals surface area contributed by atoms with Gasteiger partial charge in [0.1, 0.15) is 6.29 Å². The van der Waals surface area contributed by atoms with E-state index in [1.54, 1.807) is 18.2 Å². The van der Waals surface area contributed by atoms with Gasteiger partial charge in [0.2, 0.25) is 5.52 Å². The SMILES string of the molecule is [C-]#[N+]c1ccc2c(c1)c1ccccc1c[n+]2Cc1cccc(B(O)O)c1C=O. The second-order valence-corrected chi connectivity index (χ2v) is 6.57. The van der Waals surface area contributed by atoms with E-state index < -0.39 is 7.12 Å². The van der Waals surface area contributed by atoms with Crippen LogP contribution in [0.1, 0.15) is 15.9 Å². The van der Waals surface area contributed by atoms with Crippen LogP contribution >= 0.6 is 0 Å². The van der Waals surface area contributed by atoms with Gasteiger partial charge in [0.25, 0.3) is 0 Å². The van der Waals surface area contributed by atoms with E-state index in [-0.39, 0.29) is 11.0 Å². The maximum atomic E-state index is 11.6. The second kappa shape index (κ2) is 7.24. The topological polar surface area (TPSA) is 65.8 Å². The van der Waals surface area contributed by atoms with Gasteiger partial charge in [0.05, 0.1) is 6.57 Å². The molecule has 0 spiro atoms. The van der Waals surface area contributed by atoms with Crippen molar-refractivity contribution in [3.8, 4) is 0 Å². The maximum Gasteiger partial charge on any atom is 0.489 e. The molecule has 2 N–H and O–H groups in total. The van der Waals surface area contributed by atoms with Crippen molar-refractivity contribution in [2.24, 2.45) is 0 Å². The van der Waals surface area contributed by atoms with Gasteiger partial charge in [-0.15, -0.1) is 0 Å². The molecule has 28 heavy (non-hydrogen) atoms. The summed E-state index contributed by atoms with van der Waals surface area (Å²) in [5, 5.41) is 22.1. The summed E-state index contributed by atoms with van der Waals surface area (Å²) in [6.45, 7) is 7.69. The Labute approximate surface area is 162 Å². The highest BCUT2D eigenvalue weighted by Crippen LogP contribution is 2.26. The molecule has 1 heterocycles. The highest BCUT2D eigenvalue weighted by molar-refractivity contribution is 6.60. The number of nitrogens with zero attached hydrogens (tertiary/aromatic N) is 2. The zero-order valence-electron chi connectivity index (χ0n) is 14.9. The van der Waals surface area contributed by atoms with E-state index in [1.165, 1.54) is 6.07 Å². The fourth-order valence-corrected chi connectivity index (χ4v) is 3.61. The molecule has 0 saturated heterocycles. The van der Waals surface area contributed by atoms with E-state index in [0.29, 0.717) is 24.1 Å². The molecule has 0 radical (unpaired) electrons. The van der Waals surface area contributed by atoms with Crippen molar-refractivity contribution in [3.05, 3.63) is 89.4 Å². The van der Waals surface area contributed by atoms with E-state index in [4.69, 9.17) is 6.57 Å². The highest BCUT2D eigenvalue weighted by atomic mass is 16.4. The molecule has 4 rings (SSSR count). The Morgan fingerprint density at radius 1 is 1.04 bits per heavy atom. The second-order valence-electron chi connectivity index (χ2n) is 6.57. The number of hydrogen-bond acceptors (Lipinski definition) is 3. The normalized spacial score (nSPS) is 10.8. The summed E-state index contributed by atoms with van der Waals surface area (Å²) in [5.41, 5.74) is 2.65. The fraction of sp³-hybridized carbons (Fsp3) is 0.0455. The van der Waals surface area contributed by atoms with Crippen LogP contribution < -0.4 is 10.0 Å². The summed E-state index contributed by atoms with van der Waals surface area (Å²) < 4.78 is 2.02. The highest BCUT2D eigenvalue weighted by Gasteiger charge is 2.21. The van der Waals surface area contributed by atoms with Crippen molar-refractivity contribution in [2.75, 3.05) is 0 Å². The van der Waals surface area contributed by atoms with E-state index in [9.17, 15) is 14.8 Å². The number of hydrogen-bond donors (Lipinski definition) is 2. The Hall–Kier alpha value is -3.53. The smallest absolute Gasteiger partial charge is 0.423 e. The Morgan fingerprint density at radius 3 is 2.61 bits per heavy atom. The summed E-state index contributed by atoms with van der Waals surface area (Å²) in [7, 11) is -1.71. The third kappa shape index (κ3) is 3.03. The van der Waals surface area contributed by atoms with Crippen LogP contribution in [0, 0.1) is 6.57 Å².